The van der Waals surface area contributed by atoms with Crippen LogP contribution in [-0.4, -0.2) is 33.7 Å². The first-order valence-electron chi connectivity index (χ1n) is 11.3. The maximum Gasteiger partial charge on any atom is 0.341 e. The molecule has 38 heavy (non-hydrogen) atoms. The van der Waals surface area contributed by atoms with Crippen LogP contribution in [0.15, 0.2) is 83.8 Å². The average Bonchev–Trinajstić information content (AvgIpc) is 3.24. The minimum Gasteiger partial charge on any atom is -0.497 e. The van der Waals surface area contributed by atoms with Gasteiger partial charge < -0.3 is 20.1 Å². The van der Waals surface area contributed by atoms with Crippen LogP contribution in [0.5, 0.6) is 5.75 Å². The molecule has 0 radical (unpaired) electrons. The van der Waals surface area contributed by atoms with Crippen LogP contribution >= 0.6 is 23.6 Å². The number of anilines is 3. The largest absolute Gasteiger partial charge is 0.497 e. The van der Waals surface area contributed by atoms with Crippen molar-refractivity contribution in [3.63, 3.8) is 0 Å². The van der Waals surface area contributed by atoms with E-state index in [9.17, 15) is 13.2 Å². The standard InChI is InChI=1S/C27H25N3O5S3/c1-17-23(18-7-5-4-6-8-18)24(26(31)35-3)25(37-17)29-27(36)28-19-11-15-22(16-12-19)38(32,33)30-20-9-13-21(34-2)14-10-20/h4-16,30H,1-3H3,(H2,28,29,36). The molecule has 0 amide bonds. The number of hydrogen-bond acceptors (Lipinski definition) is 7. The third kappa shape index (κ3) is 6.13. The number of methoxy groups -OCH3 is 2. The molecular weight excluding hydrogens is 543 g/mol. The van der Waals surface area contributed by atoms with Crippen molar-refractivity contribution >= 4 is 61.0 Å². The smallest absolute Gasteiger partial charge is 0.341 e. The SMILES string of the molecule is COC(=O)c1c(NC(=S)Nc2ccc(S(=O)(=O)Nc3ccc(OC)cc3)cc2)sc(C)c1-c1ccccc1. The summed E-state index contributed by atoms with van der Waals surface area (Å²) >= 11 is 6.87. The van der Waals surface area contributed by atoms with Crippen molar-refractivity contribution in [3.8, 4) is 16.9 Å². The van der Waals surface area contributed by atoms with E-state index in [1.54, 1.807) is 36.4 Å². The van der Waals surface area contributed by atoms with Crippen molar-refractivity contribution in [1.82, 2.24) is 0 Å². The molecule has 4 aromatic rings. The van der Waals surface area contributed by atoms with Gasteiger partial charge in [-0.25, -0.2) is 13.2 Å². The average molecular weight is 568 g/mol. The summed E-state index contributed by atoms with van der Waals surface area (Å²) in [6, 6.07) is 22.3. The Bertz CT molecular complexity index is 1550. The maximum absolute atomic E-state index is 12.8. The van der Waals surface area contributed by atoms with E-state index in [1.165, 1.54) is 37.7 Å². The Kier molecular flexibility index (Phi) is 8.30. The highest BCUT2D eigenvalue weighted by atomic mass is 32.2. The van der Waals surface area contributed by atoms with E-state index >= 15 is 0 Å². The summed E-state index contributed by atoms with van der Waals surface area (Å²) in [7, 11) is -0.914. The second-order valence-electron chi connectivity index (χ2n) is 8.03. The van der Waals surface area contributed by atoms with Gasteiger partial charge in [-0.15, -0.1) is 11.3 Å². The lowest BCUT2D eigenvalue weighted by atomic mass is 10.0. The Morgan fingerprint density at radius 1 is 0.868 bits per heavy atom. The van der Waals surface area contributed by atoms with Crippen LogP contribution in [0, 0.1) is 6.92 Å². The number of nitrogens with one attached hydrogen (secondary N) is 3. The number of carbonyl (C=O) groups excluding carboxylic acids is 1. The van der Waals surface area contributed by atoms with E-state index < -0.39 is 16.0 Å². The van der Waals surface area contributed by atoms with Crippen LogP contribution in [0.4, 0.5) is 16.4 Å². The molecule has 0 spiro atoms. The Morgan fingerprint density at radius 2 is 1.50 bits per heavy atom. The minimum atomic E-state index is -3.79. The Morgan fingerprint density at radius 3 is 2.11 bits per heavy atom. The van der Waals surface area contributed by atoms with E-state index in [2.05, 4.69) is 15.4 Å². The first-order chi connectivity index (χ1) is 18.2. The van der Waals surface area contributed by atoms with Gasteiger partial charge >= 0.3 is 5.97 Å². The zero-order valence-corrected chi connectivity index (χ0v) is 23.2. The first-order valence-corrected chi connectivity index (χ1v) is 14.0. The molecule has 3 N–H and O–H groups in total. The lowest BCUT2D eigenvalue weighted by Crippen LogP contribution is -2.20. The molecule has 0 aliphatic heterocycles. The van der Waals surface area contributed by atoms with E-state index in [0.29, 0.717) is 27.7 Å². The number of benzene rings is 3. The molecule has 196 valence electrons. The van der Waals surface area contributed by atoms with Crippen LogP contribution in [0.1, 0.15) is 15.2 Å². The zero-order valence-electron chi connectivity index (χ0n) is 20.8. The van der Waals surface area contributed by atoms with Crippen molar-refractivity contribution in [3.05, 3.63) is 89.3 Å². The number of esters is 1. The van der Waals surface area contributed by atoms with E-state index in [1.807, 2.05) is 37.3 Å². The summed E-state index contributed by atoms with van der Waals surface area (Å²) in [5.41, 5.74) is 3.07. The minimum absolute atomic E-state index is 0.0899. The van der Waals surface area contributed by atoms with Crippen LogP contribution < -0.4 is 20.1 Å². The number of rotatable bonds is 8. The third-order valence-corrected chi connectivity index (χ3v) is 8.15. The van der Waals surface area contributed by atoms with E-state index in [0.717, 1.165) is 16.0 Å². The predicted octanol–water partition coefficient (Wildman–Crippen LogP) is 6.13. The van der Waals surface area contributed by atoms with Gasteiger partial charge in [-0.05, 0) is 73.2 Å². The van der Waals surface area contributed by atoms with Gasteiger partial charge in [-0.1, -0.05) is 30.3 Å². The number of carbonyl (C=O) groups is 1. The molecule has 0 unspecified atom stereocenters. The molecule has 1 aromatic heterocycles. The highest BCUT2D eigenvalue weighted by molar-refractivity contribution is 7.92. The fourth-order valence-corrected chi connectivity index (χ4v) is 6.15. The van der Waals surface area contributed by atoms with Crippen LogP contribution in [-0.2, 0) is 14.8 Å². The molecule has 0 bridgehead atoms. The summed E-state index contributed by atoms with van der Waals surface area (Å²) in [5.74, 6) is 0.151. The van der Waals surface area contributed by atoms with Gasteiger partial charge in [0, 0.05) is 21.8 Å². The van der Waals surface area contributed by atoms with Crippen molar-refractivity contribution in [2.45, 2.75) is 11.8 Å². The molecule has 3 aromatic carbocycles. The predicted molar refractivity (Wildman–Crippen MR) is 156 cm³/mol. The fourth-order valence-electron chi connectivity index (χ4n) is 3.74. The molecule has 0 fully saturated rings. The molecular formula is C27H25N3O5S3. The van der Waals surface area contributed by atoms with Gasteiger partial charge in [0.15, 0.2) is 5.11 Å². The van der Waals surface area contributed by atoms with Gasteiger partial charge in [0.2, 0.25) is 0 Å². The van der Waals surface area contributed by atoms with E-state index in [-0.39, 0.29) is 10.0 Å². The molecule has 0 aliphatic carbocycles. The van der Waals surface area contributed by atoms with Crippen LogP contribution in [0.2, 0.25) is 0 Å². The monoisotopic (exact) mass is 567 g/mol. The third-order valence-electron chi connectivity index (χ3n) is 5.53. The molecule has 0 saturated heterocycles. The summed E-state index contributed by atoms with van der Waals surface area (Å²) in [6.07, 6.45) is 0. The van der Waals surface area contributed by atoms with Gasteiger partial charge in [-0.3, -0.25) is 4.72 Å². The van der Waals surface area contributed by atoms with Crippen molar-refractivity contribution in [2.75, 3.05) is 29.6 Å². The molecule has 8 nitrogen and oxygen atoms in total. The number of thiocarbonyl (C=S) groups is 1. The van der Waals surface area contributed by atoms with Crippen molar-refractivity contribution in [2.24, 2.45) is 0 Å². The highest BCUT2D eigenvalue weighted by Crippen LogP contribution is 2.40. The summed E-state index contributed by atoms with van der Waals surface area (Å²) < 4.78 is 38.2. The van der Waals surface area contributed by atoms with Crippen molar-refractivity contribution < 1.29 is 22.7 Å². The maximum atomic E-state index is 12.8. The highest BCUT2D eigenvalue weighted by Gasteiger charge is 2.24. The number of hydrogen-bond donors (Lipinski definition) is 3. The molecule has 11 heteroatoms. The molecule has 4 rings (SSSR count). The van der Waals surface area contributed by atoms with Gasteiger partial charge in [0.05, 0.1) is 19.1 Å². The Labute approximate surface area is 230 Å². The number of sulfonamides is 1. The lowest BCUT2D eigenvalue weighted by Gasteiger charge is -2.12. The summed E-state index contributed by atoms with van der Waals surface area (Å²) in [6.45, 7) is 1.93. The normalized spacial score (nSPS) is 10.9. The number of thiophene rings is 1. The topological polar surface area (TPSA) is 106 Å². The second kappa shape index (κ2) is 11.6. The molecule has 1 heterocycles. The zero-order chi connectivity index (χ0) is 27.3. The van der Waals surface area contributed by atoms with Crippen LogP contribution in [0.25, 0.3) is 11.1 Å². The number of aryl methyl sites for hydroxylation is 1. The second-order valence-corrected chi connectivity index (χ2v) is 11.3. The molecule has 0 aliphatic rings. The number of ether oxygens (including phenoxy) is 2. The lowest BCUT2D eigenvalue weighted by molar-refractivity contribution is 0.0603. The van der Waals surface area contributed by atoms with Crippen LogP contribution in [0.3, 0.4) is 0 Å². The molecule has 0 saturated carbocycles. The van der Waals surface area contributed by atoms with E-state index in [4.69, 9.17) is 21.7 Å². The first kappa shape index (κ1) is 27.1. The Balaban J connectivity index is 1.48. The van der Waals surface area contributed by atoms with Gasteiger partial charge in [0.25, 0.3) is 10.0 Å². The summed E-state index contributed by atoms with van der Waals surface area (Å²) in [4.78, 5) is 13.7. The van der Waals surface area contributed by atoms with Gasteiger partial charge in [0.1, 0.15) is 16.3 Å². The molecule has 0 atom stereocenters. The van der Waals surface area contributed by atoms with Crippen molar-refractivity contribution in [1.29, 1.82) is 0 Å². The quantitative estimate of drug-likeness (QED) is 0.173. The summed E-state index contributed by atoms with van der Waals surface area (Å²) in [5, 5.41) is 6.91. The van der Waals surface area contributed by atoms with Gasteiger partial charge in [-0.2, -0.15) is 0 Å². The fraction of sp³-hybridized carbons (Fsp3) is 0.111. The Hall–Kier alpha value is -3.93.